The van der Waals surface area contributed by atoms with Gasteiger partial charge in [0.2, 0.25) is 0 Å². The Labute approximate surface area is 96.5 Å². The van der Waals surface area contributed by atoms with Crippen molar-refractivity contribution < 1.29 is 0 Å². The molecule has 0 fully saturated rings. The van der Waals surface area contributed by atoms with Crippen LogP contribution in [0, 0.1) is 24.5 Å². The molecule has 0 saturated heterocycles. The van der Waals surface area contributed by atoms with Crippen molar-refractivity contribution in [3.63, 3.8) is 0 Å². The molecule has 1 nitrogen and oxygen atoms in total. The van der Waals surface area contributed by atoms with Crippen LogP contribution in [0.1, 0.15) is 36.0 Å². The van der Waals surface area contributed by atoms with Gasteiger partial charge >= 0.3 is 0 Å². The number of rotatable bonds is 4. The molecule has 80 valence electrons. The minimum Gasteiger partial charge on any atom is -0.185 e. The van der Waals surface area contributed by atoms with Gasteiger partial charge < -0.3 is 0 Å². The molecule has 1 unspecified atom stereocenters. The Morgan fingerprint density at radius 3 is 2.73 bits per heavy atom. The first-order valence-electron chi connectivity index (χ1n) is 5.23. The monoisotopic (exact) mass is 219 g/mol. The standard InChI is InChI=1S/C13H17NS/c1-10-4-5-13(12(3)8-10)11(2)6-7-15-9-14/h4-5,8,11H,6-7H2,1-3H3. The molecule has 1 atom stereocenters. The SMILES string of the molecule is Cc1ccc(C(C)CCSC#N)c(C)c1. The van der Waals surface area contributed by atoms with Crippen LogP contribution in [0.3, 0.4) is 0 Å². The van der Waals surface area contributed by atoms with E-state index in [4.69, 9.17) is 5.26 Å². The highest BCUT2D eigenvalue weighted by Gasteiger charge is 2.08. The molecule has 0 aliphatic rings. The second-order valence-electron chi connectivity index (χ2n) is 3.99. The topological polar surface area (TPSA) is 23.8 Å². The number of nitrogens with zero attached hydrogens (tertiary/aromatic N) is 1. The summed E-state index contributed by atoms with van der Waals surface area (Å²) in [5.41, 5.74) is 4.10. The van der Waals surface area contributed by atoms with Crippen LogP contribution in [-0.4, -0.2) is 5.75 Å². The zero-order chi connectivity index (χ0) is 11.3. The van der Waals surface area contributed by atoms with Crippen molar-refractivity contribution in [2.24, 2.45) is 0 Å². The Hall–Kier alpha value is -0.940. The molecule has 0 amide bonds. The molecule has 0 bridgehead atoms. The van der Waals surface area contributed by atoms with E-state index in [0.717, 1.165) is 12.2 Å². The van der Waals surface area contributed by atoms with Crippen molar-refractivity contribution in [2.45, 2.75) is 33.1 Å². The van der Waals surface area contributed by atoms with Gasteiger partial charge in [0, 0.05) is 5.75 Å². The number of hydrogen-bond donors (Lipinski definition) is 0. The van der Waals surface area contributed by atoms with Crippen molar-refractivity contribution in [3.05, 3.63) is 34.9 Å². The van der Waals surface area contributed by atoms with Gasteiger partial charge in [0.15, 0.2) is 0 Å². The Balaban J connectivity index is 2.66. The van der Waals surface area contributed by atoms with E-state index in [-0.39, 0.29) is 0 Å². The van der Waals surface area contributed by atoms with Crippen LogP contribution in [0.15, 0.2) is 18.2 Å². The van der Waals surface area contributed by atoms with Gasteiger partial charge in [-0.3, -0.25) is 0 Å². The molecule has 0 aliphatic heterocycles. The molecule has 0 spiro atoms. The first kappa shape index (κ1) is 12.1. The molecule has 1 aromatic rings. The molecule has 0 N–H and O–H groups in total. The quantitative estimate of drug-likeness (QED) is 0.564. The van der Waals surface area contributed by atoms with Gasteiger partial charge in [-0.1, -0.05) is 30.7 Å². The van der Waals surface area contributed by atoms with Gasteiger partial charge in [0.05, 0.1) is 0 Å². The first-order valence-corrected chi connectivity index (χ1v) is 6.21. The summed E-state index contributed by atoms with van der Waals surface area (Å²) < 4.78 is 0. The summed E-state index contributed by atoms with van der Waals surface area (Å²) >= 11 is 1.35. The zero-order valence-corrected chi connectivity index (χ0v) is 10.4. The van der Waals surface area contributed by atoms with E-state index < -0.39 is 0 Å². The summed E-state index contributed by atoms with van der Waals surface area (Å²) in [6.45, 7) is 6.51. The average molecular weight is 219 g/mol. The fourth-order valence-electron chi connectivity index (χ4n) is 1.82. The third kappa shape index (κ3) is 3.60. The summed E-state index contributed by atoms with van der Waals surface area (Å²) in [5, 5.41) is 10.6. The molecule has 0 saturated carbocycles. The summed E-state index contributed by atoms with van der Waals surface area (Å²) in [5.74, 6) is 1.47. The van der Waals surface area contributed by atoms with E-state index in [1.165, 1.54) is 28.5 Å². The number of aryl methyl sites for hydroxylation is 2. The van der Waals surface area contributed by atoms with Crippen LogP contribution >= 0.6 is 11.8 Å². The number of thiocyanates is 1. The minimum absolute atomic E-state index is 0.548. The first-order chi connectivity index (χ1) is 7.15. The number of hydrogen-bond acceptors (Lipinski definition) is 2. The van der Waals surface area contributed by atoms with E-state index in [0.29, 0.717) is 5.92 Å². The second kappa shape index (κ2) is 5.82. The van der Waals surface area contributed by atoms with Crippen LogP contribution in [-0.2, 0) is 0 Å². The van der Waals surface area contributed by atoms with Crippen molar-refractivity contribution in [1.82, 2.24) is 0 Å². The third-order valence-corrected chi connectivity index (χ3v) is 3.24. The van der Waals surface area contributed by atoms with Gasteiger partial charge in [-0.15, -0.1) is 0 Å². The lowest BCUT2D eigenvalue weighted by Crippen LogP contribution is -1.98. The van der Waals surface area contributed by atoms with Crippen LogP contribution in [0.25, 0.3) is 0 Å². The predicted octanol–water partition coefficient (Wildman–Crippen LogP) is 4.01. The summed E-state index contributed by atoms with van der Waals surface area (Å²) in [4.78, 5) is 0. The van der Waals surface area contributed by atoms with Crippen LogP contribution < -0.4 is 0 Å². The summed E-state index contributed by atoms with van der Waals surface area (Å²) in [7, 11) is 0. The zero-order valence-electron chi connectivity index (χ0n) is 9.58. The lowest BCUT2D eigenvalue weighted by molar-refractivity contribution is 0.736. The number of thioether (sulfide) groups is 1. The molecular weight excluding hydrogens is 202 g/mol. The minimum atomic E-state index is 0.548. The molecule has 1 aromatic carbocycles. The van der Waals surface area contributed by atoms with Crippen molar-refractivity contribution in [3.8, 4) is 5.40 Å². The molecule has 0 radical (unpaired) electrons. The molecule has 15 heavy (non-hydrogen) atoms. The Kier molecular flexibility index (Phi) is 4.71. The second-order valence-corrected chi connectivity index (χ2v) is 4.87. The van der Waals surface area contributed by atoms with Crippen molar-refractivity contribution in [1.29, 1.82) is 5.26 Å². The van der Waals surface area contributed by atoms with E-state index in [1.54, 1.807) is 0 Å². The Morgan fingerprint density at radius 2 is 2.13 bits per heavy atom. The fraction of sp³-hybridized carbons (Fsp3) is 0.462. The lowest BCUT2D eigenvalue weighted by Gasteiger charge is -2.14. The fourth-order valence-corrected chi connectivity index (χ4v) is 2.38. The highest BCUT2D eigenvalue weighted by Crippen LogP contribution is 2.24. The lowest BCUT2D eigenvalue weighted by atomic mass is 9.93. The van der Waals surface area contributed by atoms with E-state index in [1.807, 2.05) is 0 Å². The maximum Gasteiger partial charge on any atom is 0.133 e. The Morgan fingerprint density at radius 1 is 1.40 bits per heavy atom. The van der Waals surface area contributed by atoms with E-state index in [2.05, 4.69) is 44.4 Å². The van der Waals surface area contributed by atoms with Crippen LogP contribution in [0.4, 0.5) is 0 Å². The van der Waals surface area contributed by atoms with Gasteiger partial charge in [0.25, 0.3) is 0 Å². The molecule has 0 heterocycles. The predicted molar refractivity (Wildman–Crippen MR) is 67.0 cm³/mol. The van der Waals surface area contributed by atoms with Gasteiger partial charge in [0.1, 0.15) is 5.40 Å². The van der Waals surface area contributed by atoms with Crippen LogP contribution in [0.5, 0.6) is 0 Å². The van der Waals surface area contributed by atoms with E-state index >= 15 is 0 Å². The molecule has 0 aliphatic carbocycles. The molecular formula is C13H17NS. The molecule has 2 heteroatoms. The number of benzene rings is 1. The van der Waals surface area contributed by atoms with Crippen molar-refractivity contribution >= 4 is 11.8 Å². The smallest absolute Gasteiger partial charge is 0.133 e. The van der Waals surface area contributed by atoms with Crippen LogP contribution in [0.2, 0.25) is 0 Å². The molecule has 1 rings (SSSR count). The van der Waals surface area contributed by atoms with E-state index in [9.17, 15) is 0 Å². The normalized spacial score (nSPS) is 12.1. The maximum absolute atomic E-state index is 8.45. The average Bonchev–Trinajstić information content (AvgIpc) is 2.17. The molecule has 0 aromatic heterocycles. The van der Waals surface area contributed by atoms with Crippen molar-refractivity contribution in [2.75, 3.05) is 5.75 Å². The third-order valence-electron chi connectivity index (χ3n) is 2.67. The van der Waals surface area contributed by atoms with Gasteiger partial charge in [-0.05, 0) is 49.1 Å². The Bertz CT molecular complexity index is 365. The van der Waals surface area contributed by atoms with Gasteiger partial charge in [-0.25, -0.2) is 0 Å². The highest BCUT2D eigenvalue weighted by molar-refractivity contribution is 8.03. The highest BCUT2D eigenvalue weighted by atomic mass is 32.2. The summed E-state index contributed by atoms with van der Waals surface area (Å²) in [6.07, 6.45) is 1.07. The largest absolute Gasteiger partial charge is 0.185 e. The maximum atomic E-state index is 8.45. The number of nitriles is 1. The van der Waals surface area contributed by atoms with Gasteiger partial charge in [-0.2, -0.15) is 5.26 Å². The summed E-state index contributed by atoms with van der Waals surface area (Å²) in [6, 6.07) is 6.60.